The fraction of sp³-hybridized carbons (Fsp3) is 0.0612. The van der Waals surface area contributed by atoms with Gasteiger partial charge in [-0.1, -0.05) is 115 Å². The van der Waals surface area contributed by atoms with Gasteiger partial charge in [-0.15, -0.1) is 0 Å². The van der Waals surface area contributed by atoms with E-state index < -0.39 is 0 Å². The smallest absolute Gasteiger partial charge is 0.0619 e. The Morgan fingerprint density at radius 2 is 1.12 bits per heavy atom. The molecule has 51 heavy (non-hydrogen) atoms. The largest absolute Gasteiger partial charge is 0.309 e. The van der Waals surface area contributed by atoms with Crippen LogP contribution in [0, 0.1) is 0 Å². The molecule has 0 aliphatic heterocycles. The summed E-state index contributed by atoms with van der Waals surface area (Å²) in [6.45, 7) is 0. The first-order chi connectivity index (χ1) is 25.3. The van der Waals surface area contributed by atoms with E-state index in [4.69, 9.17) is 0 Å². The molecule has 12 rings (SSSR count). The quantitative estimate of drug-likeness (QED) is 0.180. The molecule has 10 aromatic rings. The van der Waals surface area contributed by atoms with E-state index in [1.54, 1.807) is 0 Å². The molecule has 0 bridgehead atoms. The molecular weight excluding hydrogens is 617 g/mol. The third kappa shape index (κ3) is 3.66. The van der Waals surface area contributed by atoms with Gasteiger partial charge in [0.2, 0.25) is 0 Å². The molecule has 2 heteroatoms. The second-order valence-corrected chi connectivity index (χ2v) is 14.3. The fourth-order valence-corrected chi connectivity index (χ4v) is 9.59. The predicted molar refractivity (Wildman–Crippen MR) is 214 cm³/mol. The van der Waals surface area contributed by atoms with Crippen molar-refractivity contribution < 1.29 is 0 Å². The molecule has 0 N–H and O–H groups in total. The normalized spacial score (nSPS) is 13.6. The minimum absolute atomic E-state index is 0.965. The van der Waals surface area contributed by atoms with Crippen molar-refractivity contribution in [3.05, 3.63) is 174 Å². The Kier molecular flexibility index (Phi) is 5.43. The van der Waals surface area contributed by atoms with Crippen LogP contribution in [0.3, 0.4) is 0 Å². The van der Waals surface area contributed by atoms with Crippen molar-refractivity contribution >= 4 is 55.1 Å². The average molecular weight is 649 g/mol. The van der Waals surface area contributed by atoms with Gasteiger partial charge in [0.05, 0.1) is 22.1 Å². The first kappa shape index (κ1) is 27.4. The molecule has 0 amide bonds. The lowest BCUT2D eigenvalue weighted by molar-refractivity contribution is 0.984. The van der Waals surface area contributed by atoms with Crippen LogP contribution in [0.1, 0.15) is 28.8 Å². The van der Waals surface area contributed by atoms with Crippen LogP contribution in [0.4, 0.5) is 0 Å². The van der Waals surface area contributed by atoms with Gasteiger partial charge in [-0.3, -0.25) is 0 Å². The Morgan fingerprint density at radius 3 is 2.00 bits per heavy atom. The van der Waals surface area contributed by atoms with Gasteiger partial charge in [0.1, 0.15) is 0 Å². The maximum atomic E-state index is 2.50. The van der Waals surface area contributed by atoms with Crippen molar-refractivity contribution in [1.82, 2.24) is 8.97 Å². The topological polar surface area (TPSA) is 9.34 Å². The van der Waals surface area contributed by atoms with E-state index in [2.05, 4.69) is 167 Å². The average Bonchev–Trinajstić information content (AvgIpc) is 3.93. The Hall–Kier alpha value is -6.38. The SMILES string of the molecule is C1=Cc2c(c3cc(-c4ccc(-n5c6ccccc6c6cccc(-c7cccc8c7Cc7ccccc7-8)c65)cc4)cc4c5ccccc5n2c34)CC1. The van der Waals surface area contributed by atoms with Crippen molar-refractivity contribution in [2.24, 2.45) is 0 Å². The molecule has 7 aromatic carbocycles. The van der Waals surface area contributed by atoms with E-state index in [-0.39, 0.29) is 0 Å². The van der Waals surface area contributed by atoms with Gasteiger partial charge >= 0.3 is 0 Å². The highest BCUT2D eigenvalue weighted by atomic mass is 15.0. The van der Waals surface area contributed by atoms with E-state index >= 15 is 0 Å². The zero-order valence-corrected chi connectivity index (χ0v) is 28.0. The first-order valence-corrected chi connectivity index (χ1v) is 18.1. The molecular formula is C49H32N2. The lowest BCUT2D eigenvalue weighted by Crippen LogP contribution is -1.97. The Morgan fingerprint density at radius 1 is 0.451 bits per heavy atom. The molecule has 0 saturated carbocycles. The van der Waals surface area contributed by atoms with Gasteiger partial charge in [0.15, 0.2) is 0 Å². The number of fused-ring (bicyclic) bond motifs is 12. The Labute approximate surface area is 295 Å². The summed E-state index contributed by atoms with van der Waals surface area (Å²) in [6, 6.07) is 54.5. The van der Waals surface area contributed by atoms with Crippen molar-refractivity contribution in [1.29, 1.82) is 0 Å². The molecule has 3 heterocycles. The highest BCUT2D eigenvalue weighted by molar-refractivity contribution is 6.18. The van der Waals surface area contributed by atoms with Crippen LogP contribution in [0.25, 0.3) is 94.1 Å². The number of allylic oxidation sites excluding steroid dienone is 1. The molecule has 0 atom stereocenters. The zero-order valence-electron chi connectivity index (χ0n) is 28.0. The predicted octanol–water partition coefficient (Wildman–Crippen LogP) is 12.6. The van der Waals surface area contributed by atoms with Crippen LogP contribution in [0.15, 0.2) is 152 Å². The molecule has 2 nitrogen and oxygen atoms in total. The fourth-order valence-electron chi connectivity index (χ4n) is 9.59. The number of rotatable bonds is 3. The van der Waals surface area contributed by atoms with Gasteiger partial charge in [0.25, 0.3) is 0 Å². The van der Waals surface area contributed by atoms with E-state index in [9.17, 15) is 0 Å². The molecule has 0 saturated heterocycles. The second-order valence-electron chi connectivity index (χ2n) is 14.3. The summed E-state index contributed by atoms with van der Waals surface area (Å²) in [7, 11) is 0. The number of hydrogen-bond donors (Lipinski definition) is 0. The number of benzene rings is 7. The van der Waals surface area contributed by atoms with E-state index in [0.717, 1.165) is 19.3 Å². The highest BCUT2D eigenvalue weighted by Crippen LogP contribution is 2.46. The maximum Gasteiger partial charge on any atom is 0.0619 e. The van der Waals surface area contributed by atoms with Crippen molar-refractivity contribution in [2.45, 2.75) is 19.3 Å². The molecule has 238 valence electrons. The molecule has 0 unspecified atom stereocenters. The van der Waals surface area contributed by atoms with Crippen LogP contribution >= 0.6 is 0 Å². The van der Waals surface area contributed by atoms with Gasteiger partial charge in [-0.25, -0.2) is 0 Å². The van der Waals surface area contributed by atoms with Crippen molar-refractivity contribution in [2.75, 3.05) is 0 Å². The van der Waals surface area contributed by atoms with Gasteiger partial charge in [-0.05, 0) is 106 Å². The highest BCUT2D eigenvalue weighted by Gasteiger charge is 2.25. The number of aromatic nitrogens is 2. The van der Waals surface area contributed by atoms with Crippen molar-refractivity contribution in [3.63, 3.8) is 0 Å². The van der Waals surface area contributed by atoms with Gasteiger partial charge in [0, 0.05) is 43.9 Å². The van der Waals surface area contributed by atoms with E-state index in [0.29, 0.717) is 0 Å². The number of nitrogens with zero attached hydrogens (tertiary/aromatic N) is 2. The third-order valence-corrected chi connectivity index (χ3v) is 11.8. The summed E-state index contributed by atoms with van der Waals surface area (Å²) in [5, 5.41) is 6.63. The summed E-state index contributed by atoms with van der Waals surface area (Å²) in [4.78, 5) is 0. The molecule has 0 radical (unpaired) electrons. The second kappa shape index (κ2) is 10.1. The molecule has 2 aliphatic carbocycles. The summed E-state index contributed by atoms with van der Waals surface area (Å²) < 4.78 is 4.99. The van der Waals surface area contributed by atoms with Gasteiger partial charge in [-0.2, -0.15) is 0 Å². The Balaban J connectivity index is 1.06. The minimum atomic E-state index is 0.965. The van der Waals surface area contributed by atoms with Crippen LogP contribution < -0.4 is 0 Å². The summed E-state index contributed by atoms with van der Waals surface area (Å²) in [5.74, 6) is 0. The molecule has 0 spiro atoms. The standard InChI is InChI=1S/C49H32N2/c1-2-12-34-31(11-1)27-42-35(34)16-9-17-36(42)40-18-10-19-41-37-13-3-6-20-45(37)50(48(40)41)33-25-23-30(24-26-33)32-28-43-38-14-4-7-21-46(38)51-47-22-8-5-15-39(47)44(29-32)49(43)51/h1-4,6-14,16-26,28-29H,5,15,27H2. The third-order valence-electron chi connectivity index (χ3n) is 11.8. The van der Waals surface area contributed by atoms with Gasteiger partial charge < -0.3 is 8.97 Å². The maximum absolute atomic E-state index is 2.50. The zero-order chi connectivity index (χ0) is 33.2. The van der Waals surface area contributed by atoms with Crippen LogP contribution in [0.5, 0.6) is 0 Å². The Bertz CT molecular complexity index is 3090. The first-order valence-electron chi connectivity index (χ1n) is 18.1. The van der Waals surface area contributed by atoms with Crippen molar-refractivity contribution in [3.8, 4) is 39.1 Å². The summed E-state index contributed by atoms with van der Waals surface area (Å²) in [6.07, 6.45) is 7.82. The minimum Gasteiger partial charge on any atom is -0.309 e. The summed E-state index contributed by atoms with van der Waals surface area (Å²) >= 11 is 0. The van der Waals surface area contributed by atoms with Crippen LogP contribution in [0.2, 0.25) is 0 Å². The number of para-hydroxylation sites is 3. The monoisotopic (exact) mass is 648 g/mol. The molecule has 0 fully saturated rings. The lowest BCUT2D eigenvalue weighted by atomic mass is 9.94. The molecule has 3 aromatic heterocycles. The van der Waals surface area contributed by atoms with E-state index in [1.807, 2.05) is 0 Å². The van der Waals surface area contributed by atoms with E-state index in [1.165, 1.54) is 110 Å². The summed E-state index contributed by atoms with van der Waals surface area (Å²) in [5.41, 5.74) is 19.9. The molecule has 2 aliphatic rings. The number of aryl methyl sites for hydroxylation is 1. The lowest BCUT2D eigenvalue weighted by Gasteiger charge is -2.15. The number of hydrogen-bond acceptors (Lipinski definition) is 0. The van der Waals surface area contributed by atoms with Crippen LogP contribution in [-0.4, -0.2) is 8.97 Å². The van der Waals surface area contributed by atoms with Crippen LogP contribution in [-0.2, 0) is 12.8 Å².